The number of carbonyl (C=O) groups is 4. The van der Waals surface area contributed by atoms with Crippen molar-refractivity contribution in [3.63, 3.8) is 0 Å². The third-order valence-electron chi connectivity index (χ3n) is 5.63. The summed E-state index contributed by atoms with van der Waals surface area (Å²) < 4.78 is 0. The van der Waals surface area contributed by atoms with Gasteiger partial charge in [-0.25, -0.2) is 0 Å². The molecule has 0 aromatic heterocycles. The van der Waals surface area contributed by atoms with Gasteiger partial charge in [-0.15, -0.1) is 0 Å². The lowest BCUT2D eigenvalue weighted by Gasteiger charge is -2.17. The van der Waals surface area contributed by atoms with Gasteiger partial charge in [0.15, 0.2) is 5.78 Å². The maximum atomic E-state index is 12.5. The van der Waals surface area contributed by atoms with Crippen LogP contribution in [0.15, 0.2) is 84.9 Å². The molecule has 0 fully saturated rings. The zero-order chi connectivity index (χ0) is 25.2. The summed E-state index contributed by atoms with van der Waals surface area (Å²) in [6.45, 7) is 1.87. The van der Waals surface area contributed by atoms with Gasteiger partial charge in [-0.3, -0.25) is 19.2 Å². The third kappa shape index (κ3) is 7.64. The maximum Gasteiger partial charge on any atom is 0.240 e. The van der Waals surface area contributed by atoms with E-state index >= 15 is 0 Å². The van der Waals surface area contributed by atoms with Crippen LogP contribution < -0.4 is 16.4 Å². The minimum atomic E-state index is -0.926. The largest absolute Gasteiger partial charge is 0.368 e. The molecule has 3 aromatic rings. The van der Waals surface area contributed by atoms with Crippen molar-refractivity contribution in [2.24, 2.45) is 5.73 Å². The summed E-state index contributed by atoms with van der Waals surface area (Å²) in [4.78, 5) is 49.0. The Labute approximate surface area is 204 Å². The fourth-order valence-corrected chi connectivity index (χ4v) is 3.64. The zero-order valence-corrected chi connectivity index (χ0v) is 19.6. The number of primary amides is 1. The zero-order valence-electron chi connectivity index (χ0n) is 19.6. The number of nitrogens with one attached hydrogen (secondary N) is 2. The minimum absolute atomic E-state index is 0.00914. The molecule has 0 bridgehead atoms. The van der Waals surface area contributed by atoms with Gasteiger partial charge in [0, 0.05) is 30.4 Å². The van der Waals surface area contributed by atoms with Crippen LogP contribution in [0.25, 0.3) is 0 Å². The number of benzene rings is 3. The van der Waals surface area contributed by atoms with Crippen molar-refractivity contribution in [1.29, 1.82) is 0 Å². The fourth-order valence-electron chi connectivity index (χ4n) is 3.64. The predicted octanol–water partition coefficient (Wildman–Crippen LogP) is 3.09. The van der Waals surface area contributed by atoms with Crippen molar-refractivity contribution < 1.29 is 19.2 Å². The van der Waals surface area contributed by atoms with Crippen LogP contribution in [0.5, 0.6) is 0 Å². The summed E-state index contributed by atoms with van der Waals surface area (Å²) in [5.41, 5.74) is 8.31. The Kier molecular flexibility index (Phi) is 8.89. The summed E-state index contributed by atoms with van der Waals surface area (Å²) >= 11 is 0. The van der Waals surface area contributed by atoms with Gasteiger partial charge < -0.3 is 16.4 Å². The first-order valence-corrected chi connectivity index (χ1v) is 11.4. The highest BCUT2D eigenvalue weighted by Gasteiger charge is 2.20. The lowest BCUT2D eigenvalue weighted by molar-refractivity contribution is -0.129. The molecule has 2 atom stereocenters. The van der Waals surface area contributed by atoms with Crippen LogP contribution in [0.1, 0.15) is 52.9 Å². The van der Waals surface area contributed by atoms with Crippen molar-refractivity contribution in [2.75, 3.05) is 0 Å². The normalized spacial score (nSPS) is 12.3. The van der Waals surface area contributed by atoms with Gasteiger partial charge in [0.05, 0.1) is 6.04 Å². The molecule has 0 aliphatic carbocycles. The molecule has 3 amide bonds. The van der Waals surface area contributed by atoms with E-state index in [0.717, 1.165) is 11.1 Å². The Morgan fingerprint density at radius 3 is 1.80 bits per heavy atom. The van der Waals surface area contributed by atoms with Gasteiger partial charge in [0.25, 0.3) is 0 Å². The van der Waals surface area contributed by atoms with Gasteiger partial charge in [0.1, 0.15) is 6.04 Å². The summed E-state index contributed by atoms with van der Waals surface area (Å²) in [5, 5.41) is 5.46. The van der Waals surface area contributed by atoms with E-state index in [2.05, 4.69) is 10.6 Å². The number of nitrogens with two attached hydrogens (primary N) is 1. The molecule has 35 heavy (non-hydrogen) atoms. The minimum Gasteiger partial charge on any atom is -0.368 e. The standard InChI is InChI=1S/C28H29N3O4/c1-19(21-8-4-2-5-9-21)30-25(32)16-17-26(33)31-24(28(29)35)18-20-12-14-23(15-13-20)27(34)22-10-6-3-7-11-22/h2-15,19,24H,16-18H2,1H3,(H2,29,35)(H,30,32)(H,31,33)/t19-,24+/m1/s1. The molecule has 180 valence electrons. The molecule has 7 heteroatoms. The number of carbonyl (C=O) groups excluding carboxylic acids is 4. The molecular weight excluding hydrogens is 442 g/mol. The van der Waals surface area contributed by atoms with E-state index in [1.54, 1.807) is 48.5 Å². The highest BCUT2D eigenvalue weighted by Crippen LogP contribution is 2.13. The highest BCUT2D eigenvalue weighted by atomic mass is 16.2. The Bertz CT molecular complexity index is 1160. The van der Waals surface area contributed by atoms with E-state index in [4.69, 9.17) is 5.73 Å². The first-order valence-electron chi connectivity index (χ1n) is 11.4. The van der Waals surface area contributed by atoms with Crippen LogP contribution in [-0.2, 0) is 20.8 Å². The molecule has 7 nitrogen and oxygen atoms in total. The van der Waals surface area contributed by atoms with E-state index in [9.17, 15) is 19.2 Å². The Hall–Kier alpha value is -4.26. The topological polar surface area (TPSA) is 118 Å². The van der Waals surface area contributed by atoms with Crippen molar-refractivity contribution in [3.8, 4) is 0 Å². The van der Waals surface area contributed by atoms with Gasteiger partial charge in [-0.2, -0.15) is 0 Å². The molecule has 3 aromatic carbocycles. The number of hydrogen-bond donors (Lipinski definition) is 3. The van der Waals surface area contributed by atoms with Crippen LogP contribution in [0.4, 0.5) is 0 Å². The van der Waals surface area contributed by atoms with Crippen LogP contribution in [0.2, 0.25) is 0 Å². The molecule has 0 unspecified atom stereocenters. The summed E-state index contributed by atoms with van der Waals surface area (Å²) in [7, 11) is 0. The molecule has 0 heterocycles. The smallest absolute Gasteiger partial charge is 0.240 e. The van der Waals surface area contributed by atoms with Crippen molar-refractivity contribution in [2.45, 2.75) is 38.3 Å². The maximum absolute atomic E-state index is 12.5. The Morgan fingerprint density at radius 2 is 1.23 bits per heavy atom. The second-order valence-corrected chi connectivity index (χ2v) is 8.32. The van der Waals surface area contributed by atoms with Crippen LogP contribution >= 0.6 is 0 Å². The monoisotopic (exact) mass is 471 g/mol. The summed E-state index contributed by atoms with van der Waals surface area (Å²) in [6.07, 6.45) is 0.102. The molecule has 4 N–H and O–H groups in total. The lowest BCUT2D eigenvalue weighted by Crippen LogP contribution is -2.46. The molecule has 0 saturated heterocycles. The average molecular weight is 472 g/mol. The van der Waals surface area contributed by atoms with Crippen molar-refractivity contribution in [3.05, 3.63) is 107 Å². The van der Waals surface area contributed by atoms with Gasteiger partial charge >= 0.3 is 0 Å². The number of amides is 3. The molecule has 3 rings (SSSR count). The first kappa shape index (κ1) is 25.4. The van der Waals surface area contributed by atoms with Crippen LogP contribution in [0, 0.1) is 0 Å². The van der Waals surface area contributed by atoms with Gasteiger partial charge in [-0.05, 0) is 18.1 Å². The first-order chi connectivity index (χ1) is 16.8. The van der Waals surface area contributed by atoms with Gasteiger partial charge in [0.2, 0.25) is 17.7 Å². The predicted molar refractivity (Wildman–Crippen MR) is 133 cm³/mol. The second kappa shape index (κ2) is 12.3. The fraction of sp³-hybridized carbons (Fsp3) is 0.214. The Balaban J connectivity index is 1.50. The van der Waals surface area contributed by atoms with E-state index in [1.165, 1.54) is 0 Å². The van der Waals surface area contributed by atoms with Crippen LogP contribution in [0.3, 0.4) is 0 Å². The lowest BCUT2D eigenvalue weighted by atomic mass is 9.99. The summed E-state index contributed by atoms with van der Waals surface area (Å²) in [5.74, 6) is -1.47. The van der Waals surface area contributed by atoms with Crippen molar-refractivity contribution in [1.82, 2.24) is 10.6 Å². The molecule has 0 aliphatic heterocycles. The van der Waals surface area contributed by atoms with Gasteiger partial charge in [-0.1, -0.05) is 84.9 Å². The molecule has 0 spiro atoms. The molecule has 0 radical (unpaired) electrons. The van der Waals surface area contributed by atoms with E-state index in [-0.39, 0.29) is 37.0 Å². The molecule has 0 aliphatic rings. The van der Waals surface area contributed by atoms with E-state index < -0.39 is 17.9 Å². The molecule has 0 saturated carbocycles. The summed E-state index contributed by atoms with van der Waals surface area (Å²) in [6, 6.07) is 24.2. The second-order valence-electron chi connectivity index (χ2n) is 8.32. The molecular formula is C28H29N3O4. The Morgan fingerprint density at radius 1 is 0.714 bits per heavy atom. The number of rotatable bonds is 11. The number of ketones is 1. The quantitative estimate of drug-likeness (QED) is 0.372. The van der Waals surface area contributed by atoms with Crippen molar-refractivity contribution >= 4 is 23.5 Å². The van der Waals surface area contributed by atoms with E-state index in [0.29, 0.717) is 11.1 Å². The SMILES string of the molecule is C[C@@H](NC(=O)CCC(=O)N[C@@H](Cc1ccc(C(=O)c2ccccc2)cc1)C(N)=O)c1ccccc1. The third-order valence-corrected chi connectivity index (χ3v) is 5.63. The average Bonchev–Trinajstić information content (AvgIpc) is 2.88. The number of hydrogen-bond acceptors (Lipinski definition) is 4. The van der Waals surface area contributed by atoms with E-state index in [1.807, 2.05) is 43.3 Å². The highest BCUT2D eigenvalue weighted by molar-refractivity contribution is 6.08. The van der Waals surface area contributed by atoms with Crippen LogP contribution in [-0.4, -0.2) is 29.5 Å².